The van der Waals surface area contributed by atoms with Crippen molar-refractivity contribution >= 4 is 34.7 Å². The van der Waals surface area contributed by atoms with E-state index >= 15 is 0 Å². The summed E-state index contributed by atoms with van der Waals surface area (Å²) in [4.78, 5) is 25.4. The number of hydrogen-bond acceptors (Lipinski definition) is 3. The van der Waals surface area contributed by atoms with Crippen LogP contribution >= 0.6 is 12.2 Å². The molecule has 0 saturated carbocycles. The Labute approximate surface area is 111 Å². The van der Waals surface area contributed by atoms with Crippen LogP contribution in [0.1, 0.15) is 24.5 Å². The molecule has 0 aliphatic carbocycles. The van der Waals surface area contributed by atoms with Gasteiger partial charge in [-0.3, -0.25) is 14.5 Å². The zero-order chi connectivity index (χ0) is 13.4. The highest BCUT2D eigenvalue weighted by atomic mass is 32.1. The predicted octanol–water partition coefficient (Wildman–Crippen LogP) is 1.53. The van der Waals surface area contributed by atoms with Crippen molar-refractivity contribution in [3.8, 4) is 0 Å². The van der Waals surface area contributed by atoms with Crippen molar-refractivity contribution in [3.05, 3.63) is 29.3 Å². The Morgan fingerprint density at radius 1 is 1.44 bits per heavy atom. The van der Waals surface area contributed by atoms with E-state index < -0.39 is 0 Å². The number of imide groups is 1. The molecular weight excluding hydrogens is 248 g/mol. The maximum atomic E-state index is 12.0. The predicted molar refractivity (Wildman–Crippen MR) is 73.3 cm³/mol. The summed E-state index contributed by atoms with van der Waals surface area (Å²) in [6.07, 6.45) is 0.259. The van der Waals surface area contributed by atoms with Crippen molar-refractivity contribution in [3.63, 3.8) is 0 Å². The molecule has 94 valence electrons. The smallest absolute Gasteiger partial charge is 0.237 e. The van der Waals surface area contributed by atoms with E-state index in [1.807, 2.05) is 13.0 Å². The van der Waals surface area contributed by atoms with E-state index in [9.17, 15) is 9.59 Å². The molecule has 1 unspecified atom stereocenters. The molecular formula is C13H14N2O2S. The van der Waals surface area contributed by atoms with Gasteiger partial charge in [0.05, 0.1) is 5.69 Å². The zero-order valence-electron chi connectivity index (χ0n) is 10.3. The number of hydrogen-bond donors (Lipinski definition) is 1. The molecule has 1 heterocycles. The minimum absolute atomic E-state index is 0.164. The molecule has 0 radical (unpaired) electrons. The fourth-order valence-corrected chi connectivity index (χ4v) is 2.17. The number of carbonyl (C=O) groups excluding carboxylic acids is 2. The minimum atomic E-state index is -0.259. The fourth-order valence-electron chi connectivity index (χ4n) is 2.04. The average molecular weight is 262 g/mol. The van der Waals surface area contributed by atoms with Crippen LogP contribution in [-0.4, -0.2) is 16.8 Å². The van der Waals surface area contributed by atoms with Gasteiger partial charge in [0.25, 0.3) is 0 Å². The van der Waals surface area contributed by atoms with Gasteiger partial charge in [-0.2, -0.15) is 0 Å². The van der Waals surface area contributed by atoms with Gasteiger partial charge in [0.2, 0.25) is 11.8 Å². The number of benzene rings is 1. The van der Waals surface area contributed by atoms with Crippen LogP contribution in [0.4, 0.5) is 5.69 Å². The molecule has 1 aliphatic heterocycles. The van der Waals surface area contributed by atoms with Crippen molar-refractivity contribution in [2.24, 2.45) is 11.7 Å². The van der Waals surface area contributed by atoms with Crippen molar-refractivity contribution in [1.82, 2.24) is 0 Å². The van der Waals surface area contributed by atoms with E-state index in [2.05, 4.69) is 0 Å². The summed E-state index contributed by atoms with van der Waals surface area (Å²) in [7, 11) is 0. The summed E-state index contributed by atoms with van der Waals surface area (Å²) in [6.45, 7) is 3.61. The molecule has 2 rings (SSSR count). The molecule has 2 amide bonds. The summed E-state index contributed by atoms with van der Waals surface area (Å²) < 4.78 is 0. The largest absolute Gasteiger partial charge is 0.389 e. The van der Waals surface area contributed by atoms with Crippen LogP contribution in [0.2, 0.25) is 0 Å². The molecule has 0 aromatic heterocycles. The minimum Gasteiger partial charge on any atom is -0.389 e. The van der Waals surface area contributed by atoms with Gasteiger partial charge in [-0.25, -0.2) is 0 Å². The molecule has 2 N–H and O–H groups in total. The number of amides is 2. The Morgan fingerprint density at radius 2 is 2.11 bits per heavy atom. The second-order valence-corrected chi connectivity index (χ2v) is 4.98. The number of carbonyl (C=O) groups is 2. The van der Waals surface area contributed by atoms with Crippen LogP contribution in [0.25, 0.3) is 0 Å². The fraction of sp³-hybridized carbons (Fsp3) is 0.308. The number of rotatable bonds is 2. The lowest BCUT2D eigenvalue weighted by Crippen LogP contribution is -2.31. The van der Waals surface area contributed by atoms with Crippen molar-refractivity contribution in [2.75, 3.05) is 4.90 Å². The van der Waals surface area contributed by atoms with E-state index in [0.717, 1.165) is 5.56 Å². The first-order valence-electron chi connectivity index (χ1n) is 5.69. The van der Waals surface area contributed by atoms with Gasteiger partial charge in [-0.15, -0.1) is 0 Å². The second-order valence-electron chi connectivity index (χ2n) is 4.54. The normalized spacial score (nSPS) is 19.4. The molecule has 1 aliphatic rings. The van der Waals surface area contributed by atoms with Crippen LogP contribution in [0.3, 0.4) is 0 Å². The lowest BCUT2D eigenvalue weighted by Gasteiger charge is -2.18. The number of aryl methyl sites for hydroxylation is 1. The molecule has 0 bridgehead atoms. The molecule has 18 heavy (non-hydrogen) atoms. The third kappa shape index (κ3) is 2.01. The Bertz CT molecular complexity index is 554. The Kier molecular flexibility index (Phi) is 3.17. The average Bonchev–Trinajstić information content (AvgIpc) is 2.54. The molecule has 1 aromatic carbocycles. The van der Waals surface area contributed by atoms with Crippen LogP contribution < -0.4 is 10.6 Å². The maximum Gasteiger partial charge on any atom is 0.237 e. The number of anilines is 1. The van der Waals surface area contributed by atoms with Gasteiger partial charge in [-0.05, 0) is 18.6 Å². The van der Waals surface area contributed by atoms with E-state index in [0.29, 0.717) is 11.3 Å². The third-order valence-corrected chi connectivity index (χ3v) is 3.34. The van der Waals surface area contributed by atoms with E-state index in [1.54, 1.807) is 19.1 Å². The highest BCUT2D eigenvalue weighted by Gasteiger charge is 2.37. The van der Waals surface area contributed by atoms with Crippen molar-refractivity contribution in [2.45, 2.75) is 20.3 Å². The Morgan fingerprint density at radius 3 is 2.61 bits per heavy atom. The molecule has 1 atom stereocenters. The lowest BCUT2D eigenvalue weighted by atomic mass is 10.1. The standard InChI is InChI=1S/C13H14N2O2S/c1-7-3-4-9(12(14)18)6-10(7)15-11(16)5-8(2)13(15)17/h3-4,6,8H,5H2,1-2H3,(H2,14,18). The molecule has 1 saturated heterocycles. The number of nitrogens with two attached hydrogens (primary N) is 1. The van der Waals surface area contributed by atoms with E-state index in [4.69, 9.17) is 18.0 Å². The molecule has 5 heteroatoms. The van der Waals surface area contributed by atoms with Crippen molar-refractivity contribution in [1.29, 1.82) is 0 Å². The maximum absolute atomic E-state index is 12.0. The van der Waals surface area contributed by atoms with Gasteiger partial charge in [0.1, 0.15) is 4.99 Å². The van der Waals surface area contributed by atoms with E-state index in [-0.39, 0.29) is 29.1 Å². The summed E-state index contributed by atoms with van der Waals surface area (Å²) >= 11 is 4.91. The summed E-state index contributed by atoms with van der Waals surface area (Å²) in [5.74, 6) is -0.593. The first-order valence-corrected chi connectivity index (χ1v) is 6.10. The van der Waals surface area contributed by atoms with Crippen LogP contribution in [0.15, 0.2) is 18.2 Å². The number of nitrogens with zero attached hydrogens (tertiary/aromatic N) is 1. The van der Waals surface area contributed by atoms with Gasteiger partial charge in [-0.1, -0.05) is 31.3 Å². The molecule has 0 spiro atoms. The summed E-state index contributed by atoms with van der Waals surface area (Å²) in [5, 5.41) is 0. The monoisotopic (exact) mass is 262 g/mol. The SMILES string of the molecule is Cc1ccc(C(N)=S)cc1N1C(=O)CC(C)C1=O. The second kappa shape index (κ2) is 4.49. The first-order chi connectivity index (χ1) is 8.41. The number of thiocarbonyl (C=S) groups is 1. The molecule has 4 nitrogen and oxygen atoms in total. The summed E-state index contributed by atoms with van der Waals surface area (Å²) in [6, 6.07) is 5.30. The summed E-state index contributed by atoms with van der Waals surface area (Å²) in [5.41, 5.74) is 7.66. The Balaban J connectivity index is 2.50. The van der Waals surface area contributed by atoms with Crippen LogP contribution in [0, 0.1) is 12.8 Å². The van der Waals surface area contributed by atoms with Crippen molar-refractivity contribution < 1.29 is 9.59 Å². The molecule has 1 fully saturated rings. The highest BCUT2D eigenvalue weighted by Crippen LogP contribution is 2.29. The van der Waals surface area contributed by atoms with Gasteiger partial charge in [0.15, 0.2) is 0 Å². The van der Waals surface area contributed by atoms with E-state index in [1.165, 1.54) is 4.90 Å². The van der Waals surface area contributed by atoms with Gasteiger partial charge >= 0.3 is 0 Å². The first kappa shape index (κ1) is 12.7. The highest BCUT2D eigenvalue weighted by molar-refractivity contribution is 7.80. The lowest BCUT2D eigenvalue weighted by molar-refractivity contribution is -0.122. The molecule has 1 aromatic rings. The topological polar surface area (TPSA) is 63.4 Å². The van der Waals surface area contributed by atoms with Crippen LogP contribution in [-0.2, 0) is 9.59 Å². The zero-order valence-corrected chi connectivity index (χ0v) is 11.1. The quantitative estimate of drug-likeness (QED) is 0.648. The van der Waals surface area contributed by atoms with Gasteiger partial charge < -0.3 is 5.73 Å². The Hall–Kier alpha value is -1.75. The van der Waals surface area contributed by atoms with Crippen LogP contribution in [0.5, 0.6) is 0 Å². The van der Waals surface area contributed by atoms with Gasteiger partial charge in [0, 0.05) is 17.9 Å². The third-order valence-electron chi connectivity index (χ3n) is 3.11.